The Balaban J connectivity index is 2.40. The van der Waals surface area contributed by atoms with Gasteiger partial charge in [-0.15, -0.1) is 0 Å². The molecule has 1 spiro atoms. The van der Waals surface area contributed by atoms with Crippen LogP contribution in [0.5, 0.6) is 0 Å². The Morgan fingerprint density at radius 1 is 1.14 bits per heavy atom. The van der Waals surface area contributed by atoms with Crippen molar-refractivity contribution in [3.05, 3.63) is 24.3 Å². The van der Waals surface area contributed by atoms with E-state index in [1.54, 1.807) is 0 Å². The summed E-state index contributed by atoms with van der Waals surface area (Å²) in [5, 5.41) is 0. The number of hydrogen-bond acceptors (Lipinski definition) is 0. The van der Waals surface area contributed by atoms with E-state index in [-0.39, 0.29) is 0 Å². The van der Waals surface area contributed by atoms with Crippen LogP contribution in [-0.2, 0) is 0 Å². The van der Waals surface area contributed by atoms with E-state index in [0.29, 0.717) is 5.41 Å². The largest absolute Gasteiger partial charge is 0.0989 e. The minimum atomic E-state index is 0.528. The van der Waals surface area contributed by atoms with Gasteiger partial charge in [-0.1, -0.05) is 24.3 Å². The molecular formula is C7H8. The Morgan fingerprint density at radius 2 is 1.43 bits per heavy atom. The molecule has 2 aliphatic carbocycles. The third-order valence-corrected chi connectivity index (χ3v) is 2.13. The van der Waals surface area contributed by atoms with E-state index in [1.165, 1.54) is 24.0 Å². The van der Waals surface area contributed by atoms with Gasteiger partial charge in [-0.3, -0.25) is 0 Å². The van der Waals surface area contributed by atoms with E-state index in [2.05, 4.69) is 13.2 Å². The van der Waals surface area contributed by atoms with Crippen molar-refractivity contribution in [1.29, 1.82) is 0 Å². The molecule has 0 aromatic carbocycles. The number of rotatable bonds is 0. The molecule has 0 radical (unpaired) electrons. The molecule has 0 atom stereocenters. The second-order valence-corrected chi connectivity index (χ2v) is 2.64. The van der Waals surface area contributed by atoms with Crippen molar-refractivity contribution in [2.75, 3.05) is 0 Å². The molecule has 7 heavy (non-hydrogen) atoms. The van der Waals surface area contributed by atoms with Gasteiger partial charge in [0.05, 0.1) is 0 Å². The molecule has 0 saturated heterocycles. The van der Waals surface area contributed by atoms with Gasteiger partial charge in [-0.2, -0.15) is 0 Å². The maximum atomic E-state index is 3.87. The van der Waals surface area contributed by atoms with Crippen LogP contribution in [0.2, 0.25) is 0 Å². The zero-order chi connectivity index (χ0) is 5.07. The van der Waals surface area contributed by atoms with Crippen molar-refractivity contribution in [3.8, 4) is 0 Å². The molecule has 0 aliphatic heterocycles. The Kier molecular flexibility index (Phi) is 0.301. The van der Waals surface area contributed by atoms with Gasteiger partial charge in [-0.05, 0) is 12.8 Å². The summed E-state index contributed by atoms with van der Waals surface area (Å²) in [5.74, 6) is 0. The highest BCUT2D eigenvalue weighted by Crippen LogP contribution is 2.72. The second-order valence-electron chi connectivity index (χ2n) is 2.64. The molecule has 36 valence electrons. The van der Waals surface area contributed by atoms with Crippen molar-refractivity contribution in [3.63, 3.8) is 0 Å². The minimum absolute atomic E-state index is 0.528. The van der Waals surface area contributed by atoms with E-state index < -0.39 is 0 Å². The van der Waals surface area contributed by atoms with Gasteiger partial charge >= 0.3 is 0 Å². The maximum absolute atomic E-state index is 3.87. The van der Waals surface area contributed by atoms with Gasteiger partial charge in [0.2, 0.25) is 0 Å². The van der Waals surface area contributed by atoms with Crippen molar-refractivity contribution >= 4 is 0 Å². The molecule has 0 bridgehead atoms. The fraction of sp³-hybridized carbons (Fsp3) is 0.429. The van der Waals surface area contributed by atoms with Crippen LogP contribution >= 0.6 is 0 Å². The predicted molar refractivity (Wildman–Crippen MR) is 29.9 cm³/mol. The lowest BCUT2D eigenvalue weighted by atomic mass is 10.4. The summed E-state index contributed by atoms with van der Waals surface area (Å²) >= 11 is 0. The third kappa shape index (κ3) is 0.217. The van der Waals surface area contributed by atoms with E-state index >= 15 is 0 Å². The highest BCUT2D eigenvalue weighted by atomic mass is 14.6. The monoisotopic (exact) mass is 92.1 g/mol. The van der Waals surface area contributed by atoms with Gasteiger partial charge in [0, 0.05) is 5.41 Å². The van der Waals surface area contributed by atoms with Crippen LogP contribution < -0.4 is 0 Å². The lowest BCUT2D eigenvalue weighted by Gasteiger charge is -1.66. The van der Waals surface area contributed by atoms with Crippen LogP contribution in [0, 0.1) is 5.41 Å². The first-order chi connectivity index (χ1) is 3.26. The molecule has 2 aliphatic rings. The number of hydrogen-bond donors (Lipinski definition) is 0. The normalized spacial score (nSPS) is 31.4. The summed E-state index contributed by atoms with van der Waals surface area (Å²) in [6.07, 6.45) is 2.48. The van der Waals surface area contributed by atoms with Crippen LogP contribution in [0.25, 0.3) is 0 Å². The summed E-state index contributed by atoms with van der Waals surface area (Å²) in [4.78, 5) is 0. The SMILES string of the molecule is C=C1CC12CC2=C. The molecular weight excluding hydrogens is 84.1 g/mol. The van der Waals surface area contributed by atoms with Crippen LogP contribution in [-0.4, -0.2) is 0 Å². The molecule has 2 rings (SSSR count). The molecule has 2 saturated carbocycles. The summed E-state index contributed by atoms with van der Waals surface area (Å²) in [7, 11) is 0. The summed E-state index contributed by atoms with van der Waals surface area (Å²) in [6.45, 7) is 7.74. The second kappa shape index (κ2) is 0.605. The molecule has 0 unspecified atom stereocenters. The zero-order valence-electron chi connectivity index (χ0n) is 4.33. The first-order valence-electron chi connectivity index (χ1n) is 2.62. The van der Waals surface area contributed by atoms with Crippen molar-refractivity contribution in [1.82, 2.24) is 0 Å². The third-order valence-electron chi connectivity index (χ3n) is 2.13. The van der Waals surface area contributed by atoms with Crippen LogP contribution in [0.3, 0.4) is 0 Å². The molecule has 0 nitrogen and oxygen atoms in total. The van der Waals surface area contributed by atoms with E-state index in [1.807, 2.05) is 0 Å². The smallest absolute Gasteiger partial charge is 0.0190 e. The van der Waals surface area contributed by atoms with E-state index in [9.17, 15) is 0 Å². The van der Waals surface area contributed by atoms with Crippen LogP contribution in [0.15, 0.2) is 24.3 Å². The maximum Gasteiger partial charge on any atom is 0.0190 e. The fourth-order valence-corrected chi connectivity index (χ4v) is 1.20. The van der Waals surface area contributed by atoms with Gasteiger partial charge in [0.15, 0.2) is 0 Å². The van der Waals surface area contributed by atoms with Gasteiger partial charge in [0.1, 0.15) is 0 Å². The van der Waals surface area contributed by atoms with Crippen LogP contribution in [0.4, 0.5) is 0 Å². The van der Waals surface area contributed by atoms with Gasteiger partial charge in [-0.25, -0.2) is 0 Å². The van der Waals surface area contributed by atoms with E-state index in [0.717, 1.165) is 0 Å². The average molecular weight is 92.1 g/mol. The Labute approximate surface area is 43.5 Å². The topological polar surface area (TPSA) is 0 Å². The number of allylic oxidation sites excluding steroid dienone is 2. The summed E-state index contributed by atoms with van der Waals surface area (Å²) < 4.78 is 0. The lowest BCUT2D eigenvalue weighted by molar-refractivity contribution is 0.980. The lowest BCUT2D eigenvalue weighted by Crippen LogP contribution is -1.57. The fourth-order valence-electron chi connectivity index (χ4n) is 1.20. The Hall–Kier alpha value is -0.520. The van der Waals surface area contributed by atoms with Crippen molar-refractivity contribution in [2.24, 2.45) is 5.41 Å². The standard InChI is InChI=1S/C7H8/c1-5-3-7(5)4-6(7)2/h1-4H2. The van der Waals surface area contributed by atoms with Crippen molar-refractivity contribution < 1.29 is 0 Å². The summed E-state index contributed by atoms with van der Waals surface area (Å²) in [5.41, 5.74) is 3.36. The molecule has 0 N–H and O–H groups in total. The van der Waals surface area contributed by atoms with Gasteiger partial charge < -0.3 is 0 Å². The quantitative estimate of drug-likeness (QED) is 0.400. The highest BCUT2D eigenvalue weighted by Gasteiger charge is 2.60. The molecule has 0 aromatic heterocycles. The summed E-state index contributed by atoms with van der Waals surface area (Å²) in [6, 6.07) is 0. The zero-order valence-corrected chi connectivity index (χ0v) is 4.33. The molecule has 0 amide bonds. The Morgan fingerprint density at radius 3 is 1.43 bits per heavy atom. The van der Waals surface area contributed by atoms with Crippen molar-refractivity contribution in [2.45, 2.75) is 12.8 Å². The molecule has 2 fully saturated rings. The first-order valence-corrected chi connectivity index (χ1v) is 2.62. The predicted octanol–water partition coefficient (Wildman–Crippen LogP) is 1.89. The van der Waals surface area contributed by atoms with Crippen LogP contribution in [0.1, 0.15) is 12.8 Å². The average Bonchev–Trinajstić information content (AvgIpc) is 2.28. The molecule has 0 aromatic rings. The highest BCUT2D eigenvalue weighted by molar-refractivity contribution is 5.54. The molecule has 0 heterocycles. The minimum Gasteiger partial charge on any atom is -0.0989 e. The van der Waals surface area contributed by atoms with Gasteiger partial charge in [0.25, 0.3) is 0 Å². The first kappa shape index (κ1) is 3.48. The molecule has 0 heteroatoms. The van der Waals surface area contributed by atoms with E-state index in [4.69, 9.17) is 0 Å². The Bertz CT molecular complexity index is 143.